The fourth-order valence-corrected chi connectivity index (χ4v) is 2.16. The number of carbonyl (C=O) groups is 1. The summed E-state index contributed by atoms with van der Waals surface area (Å²) in [5.74, 6) is 1.25. The molecule has 5 N–H and O–H groups in total. The summed E-state index contributed by atoms with van der Waals surface area (Å²) in [6, 6.07) is 1.82. The standard InChI is InChI=1S/C11H18N6O/c1-14-8-5-9(16-11(13)15-8)17-4-2-3-7(6-17)10(12)18/h5,7H,2-4,6H2,1H3,(H2,12,18)(H3,13,14,15,16). The fourth-order valence-electron chi connectivity index (χ4n) is 2.16. The number of piperidine rings is 1. The van der Waals surface area contributed by atoms with Crippen LogP contribution < -0.4 is 21.7 Å². The number of rotatable bonds is 3. The van der Waals surface area contributed by atoms with Crippen LogP contribution in [0.15, 0.2) is 6.07 Å². The van der Waals surface area contributed by atoms with E-state index in [-0.39, 0.29) is 17.8 Å². The molecule has 1 aromatic heterocycles. The highest BCUT2D eigenvalue weighted by molar-refractivity contribution is 5.77. The van der Waals surface area contributed by atoms with E-state index in [4.69, 9.17) is 11.5 Å². The molecule has 0 spiro atoms. The van der Waals surface area contributed by atoms with Crippen molar-refractivity contribution in [1.82, 2.24) is 9.97 Å². The quantitative estimate of drug-likeness (QED) is 0.685. The highest BCUT2D eigenvalue weighted by atomic mass is 16.1. The van der Waals surface area contributed by atoms with E-state index in [0.717, 1.165) is 25.2 Å². The van der Waals surface area contributed by atoms with E-state index in [1.807, 2.05) is 11.0 Å². The van der Waals surface area contributed by atoms with Gasteiger partial charge in [-0.25, -0.2) is 0 Å². The van der Waals surface area contributed by atoms with Crippen LogP contribution in [0, 0.1) is 5.92 Å². The molecule has 0 radical (unpaired) electrons. The predicted molar refractivity (Wildman–Crippen MR) is 70.1 cm³/mol. The van der Waals surface area contributed by atoms with Gasteiger partial charge in [-0.15, -0.1) is 0 Å². The van der Waals surface area contributed by atoms with E-state index in [2.05, 4.69) is 15.3 Å². The van der Waals surface area contributed by atoms with Gasteiger partial charge in [0.15, 0.2) is 0 Å². The Labute approximate surface area is 106 Å². The van der Waals surface area contributed by atoms with Gasteiger partial charge in [-0.2, -0.15) is 9.97 Å². The molecule has 1 unspecified atom stereocenters. The summed E-state index contributed by atoms with van der Waals surface area (Å²) in [5, 5.41) is 2.93. The molecule has 1 atom stereocenters. The monoisotopic (exact) mass is 250 g/mol. The Hall–Kier alpha value is -2.05. The van der Waals surface area contributed by atoms with Crippen LogP contribution in [0.4, 0.5) is 17.6 Å². The van der Waals surface area contributed by atoms with Crippen molar-refractivity contribution in [3.63, 3.8) is 0 Å². The summed E-state index contributed by atoms with van der Waals surface area (Å²) in [6.45, 7) is 1.44. The fraction of sp³-hybridized carbons (Fsp3) is 0.545. The Morgan fingerprint density at radius 3 is 3.00 bits per heavy atom. The average Bonchev–Trinajstić information content (AvgIpc) is 2.38. The van der Waals surface area contributed by atoms with Crippen LogP contribution in [-0.2, 0) is 4.79 Å². The number of nitrogens with one attached hydrogen (secondary N) is 1. The van der Waals surface area contributed by atoms with E-state index in [0.29, 0.717) is 12.4 Å². The second kappa shape index (κ2) is 5.07. The number of carbonyl (C=O) groups excluding carboxylic acids is 1. The van der Waals surface area contributed by atoms with Crippen molar-refractivity contribution < 1.29 is 4.79 Å². The molecular weight excluding hydrogens is 232 g/mol. The predicted octanol–water partition coefficient (Wildman–Crippen LogP) is -0.198. The summed E-state index contributed by atoms with van der Waals surface area (Å²) >= 11 is 0. The molecule has 1 aromatic rings. The molecule has 98 valence electrons. The molecule has 2 rings (SSSR count). The van der Waals surface area contributed by atoms with E-state index in [1.165, 1.54) is 0 Å². The highest BCUT2D eigenvalue weighted by Crippen LogP contribution is 2.23. The molecule has 0 aromatic carbocycles. The van der Waals surface area contributed by atoms with Crippen LogP contribution in [0.5, 0.6) is 0 Å². The van der Waals surface area contributed by atoms with Gasteiger partial charge in [-0.1, -0.05) is 0 Å². The first-order valence-electron chi connectivity index (χ1n) is 5.96. The number of anilines is 3. The molecule has 1 aliphatic rings. The van der Waals surface area contributed by atoms with Crippen LogP contribution in [0.1, 0.15) is 12.8 Å². The lowest BCUT2D eigenvalue weighted by atomic mass is 9.97. The molecule has 1 aliphatic heterocycles. The van der Waals surface area contributed by atoms with Crippen LogP contribution in [0.25, 0.3) is 0 Å². The Morgan fingerprint density at radius 2 is 2.33 bits per heavy atom. The van der Waals surface area contributed by atoms with Gasteiger partial charge in [0.2, 0.25) is 11.9 Å². The maximum atomic E-state index is 11.2. The van der Waals surface area contributed by atoms with E-state index < -0.39 is 0 Å². The minimum Gasteiger partial charge on any atom is -0.373 e. The topological polar surface area (TPSA) is 110 Å². The van der Waals surface area contributed by atoms with Crippen molar-refractivity contribution in [2.24, 2.45) is 11.7 Å². The van der Waals surface area contributed by atoms with Gasteiger partial charge >= 0.3 is 0 Å². The molecular formula is C11H18N6O. The van der Waals surface area contributed by atoms with Crippen molar-refractivity contribution >= 4 is 23.5 Å². The molecule has 1 saturated heterocycles. The Morgan fingerprint density at radius 1 is 1.56 bits per heavy atom. The summed E-state index contributed by atoms with van der Waals surface area (Å²) in [5.41, 5.74) is 11.0. The maximum absolute atomic E-state index is 11.2. The Balaban J connectivity index is 2.20. The van der Waals surface area contributed by atoms with Crippen LogP contribution in [0.3, 0.4) is 0 Å². The van der Waals surface area contributed by atoms with Gasteiger partial charge in [-0.3, -0.25) is 4.79 Å². The first-order chi connectivity index (χ1) is 8.60. The Bertz CT molecular complexity index is 449. The molecule has 0 aliphatic carbocycles. The maximum Gasteiger partial charge on any atom is 0.223 e. The molecule has 0 saturated carbocycles. The third kappa shape index (κ3) is 2.61. The number of nitrogen functional groups attached to an aromatic ring is 1. The average molecular weight is 250 g/mol. The van der Waals surface area contributed by atoms with Crippen molar-refractivity contribution in [2.45, 2.75) is 12.8 Å². The SMILES string of the molecule is CNc1cc(N2CCCC(C(N)=O)C2)nc(N)n1. The smallest absolute Gasteiger partial charge is 0.223 e. The van der Waals surface area contributed by atoms with Crippen molar-refractivity contribution in [3.8, 4) is 0 Å². The molecule has 2 heterocycles. The van der Waals surface area contributed by atoms with Gasteiger partial charge in [0, 0.05) is 26.2 Å². The highest BCUT2D eigenvalue weighted by Gasteiger charge is 2.25. The molecule has 7 heteroatoms. The van der Waals surface area contributed by atoms with E-state index in [9.17, 15) is 4.79 Å². The van der Waals surface area contributed by atoms with E-state index in [1.54, 1.807) is 7.05 Å². The number of hydrogen-bond donors (Lipinski definition) is 3. The zero-order valence-electron chi connectivity index (χ0n) is 10.4. The van der Waals surface area contributed by atoms with Crippen LogP contribution in [-0.4, -0.2) is 36.0 Å². The number of amides is 1. The largest absolute Gasteiger partial charge is 0.373 e. The minimum atomic E-state index is -0.254. The summed E-state index contributed by atoms with van der Waals surface area (Å²) in [4.78, 5) is 21.5. The zero-order valence-corrected chi connectivity index (χ0v) is 10.4. The van der Waals surface area contributed by atoms with Gasteiger partial charge in [0.25, 0.3) is 0 Å². The minimum absolute atomic E-state index is 0.118. The van der Waals surface area contributed by atoms with Gasteiger partial charge in [-0.05, 0) is 12.8 Å². The summed E-state index contributed by atoms with van der Waals surface area (Å²) in [7, 11) is 1.77. The first-order valence-corrected chi connectivity index (χ1v) is 5.96. The number of primary amides is 1. The number of nitrogens with zero attached hydrogens (tertiary/aromatic N) is 3. The molecule has 0 bridgehead atoms. The third-order valence-corrected chi connectivity index (χ3v) is 3.13. The normalized spacial score (nSPS) is 19.6. The van der Waals surface area contributed by atoms with Crippen molar-refractivity contribution in [2.75, 3.05) is 36.1 Å². The number of hydrogen-bond acceptors (Lipinski definition) is 6. The summed E-state index contributed by atoms with van der Waals surface area (Å²) < 4.78 is 0. The lowest BCUT2D eigenvalue weighted by Gasteiger charge is -2.32. The van der Waals surface area contributed by atoms with Gasteiger partial charge in [0.05, 0.1) is 5.92 Å². The zero-order chi connectivity index (χ0) is 13.1. The van der Waals surface area contributed by atoms with Gasteiger partial charge < -0.3 is 21.7 Å². The second-order valence-electron chi connectivity index (χ2n) is 4.41. The van der Waals surface area contributed by atoms with Gasteiger partial charge in [0.1, 0.15) is 11.6 Å². The lowest BCUT2D eigenvalue weighted by molar-refractivity contribution is -0.122. The molecule has 7 nitrogen and oxygen atoms in total. The number of aromatic nitrogens is 2. The van der Waals surface area contributed by atoms with E-state index >= 15 is 0 Å². The molecule has 1 amide bonds. The van der Waals surface area contributed by atoms with Crippen molar-refractivity contribution in [3.05, 3.63) is 6.07 Å². The number of nitrogens with two attached hydrogens (primary N) is 2. The van der Waals surface area contributed by atoms with Crippen molar-refractivity contribution in [1.29, 1.82) is 0 Å². The molecule has 18 heavy (non-hydrogen) atoms. The Kier molecular flexibility index (Phi) is 3.50. The third-order valence-electron chi connectivity index (χ3n) is 3.13. The lowest BCUT2D eigenvalue weighted by Crippen LogP contribution is -2.41. The first kappa shape index (κ1) is 12.4. The van der Waals surface area contributed by atoms with Crippen LogP contribution >= 0.6 is 0 Å². The molecule has 1 fully saturated rings. The second-order valence-corrected chi connectivity index (χ2v) is 4.41. The summed E-state index contributed by atoms with van der Waals surface area (Å²) in [6.07, 6.45) is 1.76. The van der Waals surface area contributed by atoms with Crippen LogP contribution in [0.2, 0.25) is 0 Å².